The number of hydrogen-bond acceptors (Lipinski definition) is 2. The van der Waals surface area contributed by atoms with Crippen molar-refractivity contribution in [2.75, 3.05) is 6.61 Å². The van der Waals surface area contributed by atoms with E-state index in [0.29, 0.717) is 10.4 Å². The maximum atomic E-state index is 6.31. The molecule has 2 aliphatic rings. The molecule has 0 bridgehead atoms. The molecule has 2 fully saturated rings. The van der Waals surface area contributed by atoms with Crippen LogP contribution in [0.2, 0.25) is 0 Å². The highest BCUT2D eigenvalue weighted by Gasteiger charge is 2.48. The molecule has 0 aromatic heterocycles. The third kappa shape index (κ3) is 2.25. The van der Waals surface area contributed by atoms with Gasteiger partial charge < -0.3 is 10.5 Å². The molecule has 1 saturated carbocycles. The molecule has 0 amide bonds. The van der Waals surface area contributed by atoms with Crippen LogP contribution < -0.4 is 5.73 Å². The van der Waals surface area contributed by atoms with E-state index in [2.05, 4.69) is 0 Å². The smallest absolute Gasteiger partial charge is 0.102 e. The van der Waals surface area contributed by atoms with E-state index in [9.17, 15) is 0 Å². The van der Waals surface area contributed by atoms with Crippen molar-refractivity contribution in [2.45, 2.75) is 37.3 Å². The molecule has 0 spiro atoms. The van der Waals surface area contributed by atoms with Crippen LogP contribution in [0, 0.1) is 5.92 Å². The minimum atomic E-state index is -0.240. The fraction of sp³-hybridized carbons (Fsp3) is 0.800. The lowest BCUT2D eigenvalue weighted by Crippen LogP contribution is -2.48. The SMILES string of the molecule is NC1(CC=C(Cl)Cl)CCOC1C1CC1. The maximum absolute atomic E-state index is 6.31. The zero-order valence-electron chi connectivity index (χ0n) is 8.01. The molecule has 1 saturated heterocycles. The lowest BCUT2D eigenvalue weighted by Gasteiger charge is -2.28. The second kappa shape index (κ2) is 4.01. The van der Waals surface area contributed by atoms with Crippen molar-refractivity contribution in [1.82, 2.24) is 0 Å². The predicted molar refractivity (Wildman–Crippen MR) is 58.4 cm³/mol. The van der Waals surface area contributed by atoms with Crippen LogP contribution in [0.1, 0.15) is 25.7 Å². The normalized spacial score (nSPS) is 37.2. The first-order valence-corrected chi connectivity index (χ1v) is 5.79. The van der Waals surface area contributed by atoms with Crippen molar-refractivity contribution >= 4 is 23.2 Å². The molecule has 2 atom stereocenters. The summed E-state index contributed by atoms with van der Waals surface area (Å²) in [6.45, 7) is 0.769. The van der Waals surface area contributed by atoms with Gasteiger partial charge in [-0.1, -0.05) is 29.3 Å². The monoisotopic (exact) mass is 235 g/mol. The van der Waals surface area contributed by atoms with E-state index in [1.54, 1.807) is 6.08 Å². The Bertz CT molecular complexity index is 249. The van der Waals surface area contributed by atoms with Crippen LogP contribution in [0.4, 0.5) is 0 Å². The summed E-state index contributed by atoms with van der Waals surface area (Å²) in [5, 5.41) is 0. The molecule has 2 rings (SSSR count). The highest BCUT2D eigenvalue weighted by Crippen LogP contribution is 2.43. The maximum Gasteiger partial charge on any atom is 0.102 e. The van der Waals surface area contributed by atoms with Crippen LogP contribution >= 0.6 is 23.2 Å². The van der Waals surface area contributed by atoms with Gasteiger partial charge in [0.1, 0.15) is 4.49 Å². The molecule has 1 heterocycles. The first kappa shape index (κ1) is 10.7. The van der Waals surface area contributed by atoms with Crippen molar-refractivity contribution in [1.29, 1.82) is 0 Å². The van der Waals surface area contributed by atoms with Gasteiger partial charge in [0, 0.05) is 12.1 Å². The van der Waals surface area contributed by atoms with Gasteiger partial charge in [-0.05, 0) is 31.6 Å². The van der Waals surface area contributed by atoms with Crippen LogP contribution in [0.15, 0.2) is 10.6 Å². The summed E-state index contributed by atoms with van der Waals surface area (Å²) >= 11 is 11.2. The minimum absolute atomic E-state index is 0.214. The zero-order chi connectivity index (χ0) is 10.2. The highest BCUT2D eigenvalue weighted by atomic mass is 35.5. The van der Waals surface area contributed by atoms with Crippen LogP contribution in [-0.2, 0) is 4.74 Å². The summed E-state index contributed by atoms with van der Waals surface area (Å²) < 4.78 is 5.99. The Labute approximate surface area is 94.4 Å². The molecule has 0 aromatic carbocycles. The molecule has 2 nitrogen and oxygen atoms in total. The van der Waals surface area contributed by atoms with Gasteiger partial charge in [-0.25, -0.2) is 0 Å². The molecule has 1 aliphatic heterocycles. The number of rotatable bonds is 3. The molecule has 1 aliphatic carbocycles. The standard InChI is InChI=1S/C10H15Cl2NO/c11-8(12)3-4-10(13)5-6-14-9(10)7-1-2-7/h3,7,9H,1-2,4-6,13H2. The van der Waals surface area contributed by atoms with Gasteiger partial charge in [0.2, 0.25) is 0 Å². The summed E-state index contributed by atoms with van der Waals surface area (Å²) in [4.78, 5) is 0. The minimum Gasteiger partial charge on any atom is -0.376 e. The van der Waals surface area contributed by atoms with Gasteiger partial charge in [0.15, 0.2) is 0 Å². The van der Waals surface area contributed by atoms with E-state index < -0.39 is 0 Å². The second-order valence-corrected chi connectivity index (χ2v) is 5.32. The molecular formula is C10H15Cl2NO. The number of nitrogens with two attached hydrogens (primary N) is 1. The van der Waals surface area contributed by atoms with Gasteiger partial charge in [0.25, 0.3) is 0 Å². The predicted octanol–water partition coefficient (Wildman–Crippen LogP) is 2.59. The van der Waals surface area contributed by atoms with Crippen molar-refractivity contribution < 1.29 is 4.74 Å². The molecule has 0 radical (unpaired) electrons. The van der Waals surface area contributed by atoms with Crippen molar-refractivity contribution in [3.05, 3.63) is 10.6 Å². The van der Waals surface area contributed by atoms with Crippen LogP contribution in [0.5, 0.6) is 0 Å². The first-order valence-electron chi connectivity index (χ1n) is 5.03. The average Bonchev–Trinajstić information content (AvgIpc) is 2.88. The van der Waals surface area contributed by atoms with Crippen LogP contribution in [0.3, 0.4) is 0 Å². The molecule has 0 aromatic rings. The van der Waals surface area contributed by atoms with E-state index in [1.165, 1.54) is 12.8 Å². The highest BCUT2D eigenvalue weighted by molar-refractivity contribution is 6.55. The topological polar surface area (TPSA) is 35.2 Å². The molecular weight excluding hydrogens is 221 g/mol. The van der Waals surface area contributed by atoms with E-state index in [0.717, 1.165) is 19.4 Å². The Kier molecular flexibility index (Phi) is 3.08. The summed E-state index contributed by atoms with van der Waals surface area (Å²) in [6, 6.07) is 0. The fourth-order valence-corrected chi connectivity index (χ4v) is 2.33. The third-order valence-electron chi connectivity index (χ3n) is 3.12. The van der Waals surface area contributed by atoms with Crippen molar-refractivity contribution in [3.8, 4) is 0 Å². The summed E-state index contributed by atoms with van der Waals surface area (Å²) in [5.74, 6) is 0.671. The lowest BCUT2D eigenvalue weighted by molar-refractivity contribution is 0.0634. The van der Waals surface area contributed by atoms with E-state index in [4.69, 9.17) is 33.7 Å². The summed E-state index contributed by atoms with van der Waals surface area (Å²) in [7, 11) is 0. The molecule has 4 heteroatoms. The zero-order valence-corrected chi connectivity index (χ0v) is 9.52. The quantitative estimate of drug-likeness (QED) is 0.817. The Hall–Kier alpha value is 0.240. The average molecular weight is 236 g/mol. The number of hydrogen-bond donors (Lipinski definition) is 1. The molecule has 2 unspecified atom stereocenters. The van der Waals surface area contributed by atoms with Gasteiger partial charge in [-0.15, -0.1) is 0 Å². The first-order chi connectivity index (χ1) is 6.62. The largest absolute Gasteiger partial charge is 0.376 e. The lowest BCUT2D eigenvalue weighted by atomic mass is 9.86. The summed E-state index contributed by atoms with van der Waals surface area (Å²) in [5.41, 5.74) is 6.07. The van der Waals surface area contributed by atoms with Gasteiger partial charge >= 0.3 is 0 Å². The Balaban J connectivity index is 2.01. The Morgan fingerprint density at radius 2 is 2.21 bits per heavy atom. The van der Waals surface area contributed by atoms with Gasteiger partial charge in [-0.3, -0.25) is 0 Å². The molecule has 14 heavy (non-hydrogen) atoms. The van der Waals surface area contributed by atoms with Crippen LogP contribution in [-0.4, -0.2) is 18.2 Å². The third-order valence-corrected chi connectivity index (χ3v) is 3.43. The second-order valence-electron chi connectivity index (χ2n) is 4.31. The van der Waals surface area contributed by atoms with E-state index in [1.807, 2.05) is 0 Å². The Morgan fingerprint density at radius 3 is 2.79 bits per heavy atom. The molecule has 2 N–H and O–H groups in total. The van der Waals surface area contributed by atoms with Crippen LogP contribution in [0.25, 0.3) is 0 Å². The van der Waals surface area contributed by atoms with E-state index in [-0.39, 0.29) is 11.6 Å². The van der Waals surface area contributed by atoms with Crippen molar-refractivity contribution in [3.63, 3.8) is 0 Å². The van der Waals surface area contributed by atoms with Gasteiger partial charge in [-0.2, -0.15) is 0 Å². The molecule has 80 valence electrons. The fourth-order valence-electron chi connectivity index (χ4n) is 2.17. The summed E-state index contributed by atoms with van der Waals surface area (Å²) in [6.07, 6.45) is 6.13. The van der Waals surface area contributed by atoms with Gasteiger partial charge in [0.05, 0.1) is 6.10 Å². The number of ether oxygens (including phenoxy) is 1. The van der Waals surface area contributed by atoms with Crippen molar-refractivity contribution in [2.24, 2.45) is 11.7 Å². The number of halogens is 2. The van der Waals surface area contributed by atoms with E-state index >= 15 is 0 Å². The Morgan fingerprint density at radius 1 is 1.50 bits per heavy atom.